The number of benzene rings is 5. The van der Waals surface area contributed by atoms with Gasteiger partial charge in [0.25, 0.3) is 0 Å². The number of hydrogen-bond acceptors (Lipinski definition) is 1. The van der Waals surface area contributed by atoms with Crippen LogP contribution in [0.25, 0.3) is 60.6 Å². The van der Waals surface area contributed by atoms with Crippen LogP contribution in [0.15, 0.2) is 121 Å². The maximum Gasteiger partial charge on any atom is 0.195 e. The Morgan fingerprint density at radius 1 is 0.452 bits per heavy atom. The molecule has 1 heterocycles. The van der Waals surface area contributed by atoms with Gasteiger partial charge in [-0.2, -0.15) is 0 Å². The lowest BCUT2D eigenvalue weighted by Crippen LogP contribution is -1.90. The van der Waals surface area contributed by atoms with Gasteiger partial charge in [0.15, 0.2) is 5.69 Å². The van der Waals surface area contributed by atoms with Gasteiger partial charge in [-0.3, -0.25) is 4.98 Å². The molecule has 0 aliphatic rings. The third-order valence-corrected chi connectivity index (χ3v) is 7.70. The molecule has 2 nitrogen and oxygen atoms in total. The maximum atomic E-state index is 8.02. The Hall–Kier alpha value is -5.26. The molecule has 6 aromatic rings. The lowest BCUT2D eigenvalue weighted by Gasteiger charge is -2.14. The minimum absolute atomic E-state index is 0.621. The quantitative estimate of drug-likeness (QED) is 0.199. The van der Waals surface area contributed by atoms with Gasteiger partial charge in [0.2, 0.25) is 0 Å². The summed E-state index contributed by atoms with van der Waals surface area (Å²) >= 11 is 0. The van der Waals surface area contributed by atoms with Crippen LogP contribution in [0.2, 0.25) is 0 Å². The van der Waals surface area contributed by atoms with Crippen LogP contribution in [0, 0.1) is 34.3 Å². The average Bonchev–Trinajstić information content (AvgIpc) is 3.00. The molecule has 0 radical (unpaired) electrons. The van der Waals surface area contributed by atoms with Crippen LogP contribution in [0.1, 0.15) is 22.3 Å². The molecule has 1 aromatic heterocycles. The van der Waals surface area contributed by atoms with Gasteiger partial charge in [-0.25, -0.2) is 4.85 Å². The number of hydrogen-bond donors (Lipinski definition) is 0. The topological polar surface area (TPSA) is 17.2 Å². The molecule has 42 heavy (non-hydrogen) atoms. The van der Waals surface area contributed by atoms with Gasteiger partial charge in [0.1, 0.15) is 0 Å². The van der Waals surface area contributed by atoms with Crippen molar-refractivity contribution >= 4 is 5.69 Å². The Bertz CT molecular complexity index is 1930. The van der Waals surface area contributed by atoms with Gasteiger partial charge in [0, 0.05) is 11.8 Å². The van der Waals surface area contributed by atoms with E-state index in [1.54, 1.807) is 0 Å². The Morgan fingerprint density at radius 2 is 0.929 bits per heavy atom. The number of nitrogens with zero attached hydrogens (tertiary/aromatic N) is 2. The fourth-order valence-electron chi connectivity index (χ4n) is 5.95. The zero-order valence-corrected chi connectivity index (χ0v) is 24.4. The summed E-state index contributed by atoms with van der Waals surface area (Å²) in [7, 11) is 0. The zero-order chi connectivity index (χ0) is 29.2. The van der Waals surface area contributed by atoms with E-state index in [-0.39, 0.29) is 0 Å². The molecule has 0 aliphatic carbocycles. The van der Waals surface area contributed by atoms with Crippen LogP contribution in [-0.2, 0) is 0 Å². The van der Waals surface area contributed by atoms with E-state index in [2.05, 4.69) is 136 Å². The molecule has 0 atom stereocenters. The average molecular weight is 541 g/mol. The Morgan fingerprint density at radius 3 is 1.43 bits per heavy atom. The predicted molar refractivity (Wildman–Crippen MR) is 177 cm³/mol. The summed E-state index contributed by atoms with van der Waals surface area (Å²) in [6.07, 6.45) is 1.94. The summed E-state index contributed by atoms with van der Waals surface area (Å²) in [5.41, 5.74) is 16.3. The molecule has 0 unspecified atom stereocenters. The first-order chi connectivity index (χ1) is 20.4. The van der Waals surface area contributed by atoms with Crippen LogP contribution >= 0.6 is 0 Å². The molecule has 6 rings (SSSR count). The minimum Gasteiger partial charge on any atom is -0.256 e. The van der Waals surface area contributed by atoms with Gasteiger partial charge in [0.05, 0.1) is 12.3 Å². The summed E-state index contributed by atoms with van der Waals surface area (Å²) in [4.78, 5) is 8.80. The number of aryl methyl sites for hydroxylation is 4. The molecule has 2 heteroatoms. The van der Waals surface area contributed by atoms with Gasteiger partial charge >= 0.3 is 0 Å². The predicted octanol–water partition coefficient (Wildman–Crippen LogP) is 11.2. The molecule has 0 fully saturated rings. The highest BCUT2D eigenvalue weighted by Gasteiger charge is 2.14. The van der Waals surface area contributed by atoms with E-state index >= 15 is 0 Å². The summed E-state index contributed by atoms with van der Waals surface area (Å²) in [6.45, 7) is 16.5. The van der Waals surface area contributed by atoms with Crippen molar-refractivity contribution in [3.63, 3.8) is 0 Å². The SMILES string of the molecule is [C-]#[N+]c1cc(-c2ccc(-c3ccccc3-c3cc(C)cc(C)c3)cn2)ccc1-c1ccccc1-c1cc(C)cc(C)c1. The second kappa shape index (κ2) is 11.3. The Kier molecular flexibility index (Phi) is 7.26. The third-order valence-electron chi connectivity index (χ3n) is 7.70. The maximum absolute atomic E-state index is 8.02. The van der Waals surface area contributed by atoms with Crippen molar-refractivity contribution in [2.45, 2.75) is 27.7 Å². The molecule has 0 N–H and O–H groups in total. The van der Waals surface area contributed by atoms with Crippen LogP contribution in [0.5, 0.6) is 0 Å². The van der Waals surface area contributed by atoms with Crippen LogP contribution in [-0.4, -0.2) is 4.98 Å². The Balaban J connectivity index is 1.36. The summed E-state index contributed by atoms with van der Waals surface area (Å²) in [5.74, 6) is 0. The molecule has 0 aliphatic heterocycles. The van der Waals surface area contributed by atoms with Crippen molar-refractivity contribution in [3.05, 3.63) is 155 Å². The number of aromatic nitrogens is 1. The molecule has 202 valence electrons. The highest BCUT2D eigenvalue weighted by molar-refractivity contribution is 5.91. The standard InChI is InChI=1S/C40H32N2/c1-26-18-27(2)21-32(20-26)35-11-7-6-10-34(35)31-15-17-39(42-25-31)30-14-16-38(40(24-30)41-5)37-13-9-8-12-36(37)33-22-28(3)19-29(4)23-33/h6-25H,1-4H3. The fourth-order valence-corrected chi connectivity index (χ4v) is 5.95. The van der Waals surface area contributed by atoms with E-state index in [4.69, 9.17) is 11.6 Å². The molecule has 0 spiro atoms. The molecule has 0 saturated carbocycles. The highest BCUT2D eigenvalue weighted by Crippen LogP contribution is 2.40. The van der Waals surface area contributed by atoms with E-state index < -0.39 is 0 Å². The molecule has 0 amide bonds. The van der Waals surface area contributed by atoms with Crippen LogP contribution in [0.4, 0.5) is 5.69 Å². The normalized spacial score (nSPS) is 10.8. The Labute approximate surface area is 248 Å². The first-order valence-corrected chi connectivity index (χ1v) is 14.2. The van der Waals surface area contributed by atoms with E-state index in [9.17, 15) is 0 Å². The smallest absolute Gasteiger partial charge is 0.195 e. The molecular weight excluding hydrogens is 508 g/mol. The van der Waals surface area contributed by atoms with Crippen molar-refractivity contribution in [1.82, 2.24) is 4.98 Å². The van der Waals surface area contributed by atoms with Gasteiger partial charge < -0.3 is 0 Å². The summed E-state index contributed by atoms with van der Waals surface area (Å²) < 4.78 is 0. The van der Waals surface area contributed by atoms with E-state index in [1.807, 2.05) is 18.3 Å². The first kappa shape index (κ1) is 26.9. The van der Waals surface area contributed by atoms with E-state index in [1.165, 1.54) is 38.9 Å². The molecule has 0 saturated heterocycles. The highest BCUT2D eigenvalue weighted by atomic mass is 14.7. The van der Waals surface area contributed by atoms with Gasteiger partial charge in [-0.05, 0) is 84.3 Å². The van der Waals surface area contributed by atoms with Gasteiger partial charge in [-0.1, -0.05) is 125 Å². The summed E-state index contributed by atoms with van der Waals surface area (Å²) in [5, 5.41) is 0. The third kappa shape index (κ3) is 5.38. The largest absolute Gasteiger partial charge is 0.256 e. The first-order valence-electron chi connectivity index (χ1n) is 14.2. The second-order valence-electron chi connectivity index (χ2n) is 11.1. The minimum atomic E-state index is 0.621. The molecule has 5 aromatic carbocycles. The fraction of sp³-hybridized carbons (Fsp3) is 0.100. The number of pyridine rings is 1. The van der Waals surface area contributed by atoms with Crippen LogP contribution < -0.4 is 0 Å². The number of rotatable bonds is 5. The zero-order valence-electron chi connectivity index (χ0n) is 24.4. The van der Waals surface area contributed by atoms with Crippen molar-refractivity contribution in [2.24, 2.45) is 0 Å². The lowest BCUT2D eigenvalue weighted by atomic mass is 9.91. The lowest BCUT2D eigenvalue weighted by molar-refractivity contribution is 1.32. The van der Waals surface area contributed by atoms with E-state index in [0.717, 1.165) is 39.1 Å². The van der Waals surface area contributed by atoms with Crippen molar-refractivity contribution in [3.8, 4) is 55.8 Å². The molecular formula is C40H32N2. The molecule has 0 bridgehead atoms. The van der Waals surface area contributed by atoms with E-state index in [0.29, 0.717) is 5.69 Å². The second-order valence-corrected chi connectivity index (χ2v) is 11.1. The summed E-state index contributed by atoms with van der Waals surface area (Å²) in [6, 6.07) is 40.4. The van der Waals surface area contributed by atoms with Crippen molar-refractivity contribution in [2.75, 3.05) is 0 Å². The van der Waals surface area contributed by atoms with Gasteiger partial charge in [-0.15, -0.1) is 0 Å². The van der Waals surface area contributed by atoms with Crippen LogP contribution in [0.3, 0.4) is 0 Å². The van der Waals surface area contributed by atoms with Crippen molar-refractivity contribution in [1.29, 1.82) is 0 Å². The van der Waals surface area contributed by atoms with Crippen molar-refractivity contribution < 1.29 is 0 Å². The monoisotopic (exact) mass is 540 g/mol.